The molecule has 122 valence electrons. The van der Waals surface area contributed by atoms with Gasteiger partial charge in [0.2, 0.25) is 0 Å². The van der Waals surface area contributed by atoms with Crippen molar-refractivity contribution < 1.29 is 9.18 Å². The fourth-order valence-electron chi connectivity index (χ4n) is 2.83. The summed E-state index contributed by atoms with van der Waals surface area (Å²) >= 11 is 0. The number of benzene rings is 2. The summed E-state index contributed by atoms with van der Waals surface area (Å²) in [5.41, 5.74) is 2.29. The third-order valence-corrected chi connectivity index (χ3v) is 3.98. The van der Waals surface area contributed by atoms with Crippen LogP contribution >= 0.6 is 0 Å². The van der Waals surface area contributed by atoms with Crippen molar-refractivity contribution in [2.24, 2.45) is 0 Å². The minimum absolute atomic E-state index is 0.118. The molecule has 0 radical (unpaired) electrons. The number of anilines is 1. The van der Waals surface area contributed by atoms with Gasteiger partial charge < -0.3 is 9.88 Å². The number of carbonyl (C=O) groups is 1. The van der Waals surface area contributed by atoms with Crippen LogP contribution in [0.5, 0.6) is 0 Å². The molecule has 0 saturated heterocycles. The molecule has 1 heterocycles. The number of carbonyl (C=O) groups excluding carboxylic acids is 1. The average molecular weight is 324 g/mol. The molecular weight excluding hydrogens is 307 g/mol. The molecule has 0 fully saturated rings. The minimum Gasteiger partial charge on any atom is -0.345 e. The van der Waals surface area contributed by atoms with E-state index in [1.807, 2.05) is 18.4 Å². The zero-order valence-corrected chi connectivity index (χ0v) is 13.5. The zero-order valence-electron chi connectivity index (χ0n) is 13.5. The maximum Gasteiger partial charge on any atom is 0.255 e. The number of aromatic nitrogens is 1. The van der Waals surface area contributed by atoms with Crippen molar-refractivity contribution in [3.8, 4) is 0 Å². The van der Waals surface area contributed by atoms with Crippen LogP contribution < -0.4 is 10.7 Å². The third-order valence-electron chi connectivity index (χ3n) is 3.98. The molecule has 0 aliphatic carbocycles. The Hall–Kier alpha value is -2.95. The van der Waals surface area contributed by atoms with Gasteiger partial charge in [0.15, 0.2) is 5.43 Å². The number of hydrogen-bond donors (Lipinski definition) is 1. The molecule has 3 aromatic rings. The van der Waals surface area contributed by atoms with Crippen molar-refractivity contribution in [2.75, 3.05) is 5.32 Å². The molecule has 1 N–H and O–H groups in total. The van der Waals surface area contributed by atoms with Gasteiger partial charge in [-0.1, -0.05) is 6.07 Å². The summed E-state index contributed by atoms with van der Waals surface area (Å²) in [7, 11) is 0. The first-order valence-electron chi connectivity index (χ1n) is 7.70. The lowest BCUT2D eigenvalue weighted by Gasteiger charge is -2.13. The molecular formula is C19H17FN2O2. The van der Waals surface area contributed by atoms with E-state index in [-0.39, 0.29) is 11.3 Å². The summed E-state index contributed by atoms with van der Waals surface area (Å²) in [4.78, 5) is 24.6. The topological polar surface area (TPSA) is 51.1 Å². The summed E-state index contributed by atoms with van der Waals surface area (Å²) in [6, 6.07) is 12.3. The molecule has 1 aromatic heterocycles. The van der Waals surface area contributed by atoms with Crippen LogP contribution in [0, 0.1) is 12.7 Å². The summed E-state index contributed by atoms with van der Waals surface area (Å²) < 4.78 is 15.2. The monoisotopic (exact) mass is 324 g/mol. The van der Waals surface area contributed by atoms with E-state index in [1.165, 1.54) is 18.2 Å². The highest BCUT2D eigenvalue weighted by Crippen LogP contribution is 2.17. The van der Waals surface area contributed by atoms with Crippen molar-refractivity contribution in [1.29, 1.82) is 0 Å². The van der Waals surface area contributed by atoms with E-state index in [0.29, 0.717) is 16.6 Å². The van der Waals surface area contributed by atoms with Crippen LogP contribution in [0.3, 0.4) is 0 Å². The Morgan fingerprint density at radius 3 is 2.67 bits per heavy atom. The number of halogens is 1. The molecule has 2 aromatic carbocycles. The van der Waals surface area contributed by atoms with Gasteiger partial charge in [-0.3, -0.25) is 9.59 Å². The highest BCUT2D eigenvalue weighted by atomic mass is 19.1. The molecule has 3 rings (SSSR count). The molecule has 0 aliphatic heterocycles. The second-order valence-electron chi connectivity index (χ2n) is 5.59. The fraction of sp³-hybridized carbons (Fsp3) is 0.158. The fourth-order valence-corrected chi connectivity index (χ4v) is 2.83. The number of pyridine rings is 1. The van der Waals surface area contributed by atoms with Crippen LogP contribution in [0.2, 0.25) is 0 Å². The minimum atomic E-state index is -0.424. The summed E-state index contributed by atoms with van der Waals surface area (Å²) in [5.74, 6) is -0.807. The van der Waals surface area contributed by atoms with Gasteiger partial charge in [0.05, 0.1) is 5.52 Å². The van der Waals surface area contributed by atoms with Crippen LogP contribution in [0.4, 0.5) is 10.1 Å². The first-order chi connectivity index (χ1) is 11.5. The molecule has 0 aliphatic rings. The number of rotatable bonds is 3. The molecule has 0 bridgehead atoms. The second kappa shape index (κ2) is 6.28. The Morgan fingerprint density at radius 1 is 1.17 bits per heavy atom. The van der Waals surface area contributed by atoms with E-state index >= 15 is 0 Å². The molecule has 0 saturated carbocycles. The maximum atomic E-state index is 13.2. The van der Waals surface area contributed by atoms with Gasteiger partial charge >= 0.3 is 0 Å². The lowest BCUT2D eigenvalue weighted by molar-refractivity contribution is 0.102. The quantitative estimate of drug-likeness (QED) is 0.798. The molecule has 0 unspecified atom stereocenters. The Bertz CT molecular complexity index is 992. The number of fused-ring (bicyclic) bond motifs is 1. The maximum absolute atomic E-state index is 13.2. The van der Waals surface area contributed by atoms with Gasteiger partial charge in [-0.05, 0) is 50.2 Å². The van der Waals surface area contributed by atoms with E-state index in [1.54, 1.807) is 30.3 Å². The van der Waals surface area contributed by atoms with Crippen LogP contribution in [-0.2, 0) is 6.54 Å². The average Bonchev–Trinajstić information content (AvgIpc) is 2.55. The number of amides is 1. The molecule has 1 amide bonds. The summed E-state index contributed by atoms with van der Waals surface area (Å²) in [5, 5.41) is 3.13. The van der Waals surface area contributed by atoms with Crippen molar-refractivity contribution >= 4 is 22.5 Å². The predicted octanol–water partition coefficient (Wildman–Crippen LogP) is 3.72. The lowest BCUT2D eigenvalue weighted by atomic mass is 10.1. The highest BCUT2D eigenvalue weighted by molar-refractivity contribution is 6.06. The molecule has 24 heavy (non-hydrogen) atoms. The zero-order chi connectivity index (χ0) is 17.3. The smallest absolute Gasteiger partial charge is 0.255 e. The largest absolute Gasteiger partial charge is 0.345 e. The van der Waals surface area contributed by atoms with Gasteiger partial charge in [0.1, 0.15) is 5.82 Å². The highest BCUT2D eigenvalue weighted by Gasteiger charge is 2.11. The Labute approximate surface area is 138 Å². The van der Waals surface area contributed by atoms with Gasteiger partial charge in [-0.25, -0.2) is 4.39 Å². The van der Waals surface area contributed by atoms with Gasteiger partial charge in [0, 0.05) is 34.9 Å². The Morgan fingerprint density at radius 2 is 1.96 bits per heavy atom. The van der Waals surface area contributed by atoms with E-state index in [4.69, 9.17) is 0 Å². The molecule has 4 nitrogen and oxygen atoms in total. The first kappa shape index (κ1) is 15.9. The van der Waals surface area contributed by atoms with Crippen molar-refractivity contribution in [2.45, 2.75) is 20.4 Å². The van der Waals surface area contributed by atoms with Gasteiger partial charge in [-0.2, -0.15) is 0 Å². The number of nitrogens with zero attached hydrogens (tertiary/aromatic N) is 1. The summed E-state index contributed by atoms with van der Waals surface area (Å²) in [6.45, 7) is 4.62. The van der Waals surface area contributed by atoms with E-state index in [2.05, 4.69) is 5.32 Å². The van der Waals surface area contributed by atoms with Crippen molar-refractivity contribution in [3.05, 3.63) is 75.8 Å². The van der Waals surface area contributed by atoms with Crippen LogP contribution in [0.15, 0.2) is 53.3 Å². The second-order valence-corrected chi connectivity index (χ2v) is 5.59. The van der Waals surface area contributed by atoms with Gasteiger partial charge in [0.25, 0.3) is 5.91 Å². The standard InChI is InChI=1S/C19H17FN2O2/c1-3-22-12(2)9-18(23)16-10-13(7-8-17(16)22)19(24)21-15-6-4-5-14(20)11-15/h4-11H,3H2,1-2H3,(H,21,24). The normalized spacial score (nSPS) is 10.8. The van der Waals surface area contributed by atoms with Crippen LogP contribution in [-0.4, -0.2) is 10.5 Å². The number of hydrogen-bond acceptors (Lipinski definition) is 2. The molecule has 0 spiro atoms. The van der Waals surface area contributed by atoms with E-state index < -0.39 is 5.82 Å². The summed E-state index contributed by atoms with van der Waals surface area (Å²) in [6.07, 6.45) is 0. The predicted molar refractivity (Wildman–Crippen MR) is 93.0 cm³/mol. The van der Waals surface area contributed by atoms with E-state index in [9.17, 15) is 14.0 Å². The Balaban J connectivity index is 2.02. The number of nitrogens with one attached hydrogen (secondary N) is 1. The van der Waals surface area contributed by atoms with Crippen molar-refractivity contribution in [1.82, 2.24) is 4.57 Å². The van der Waals surface area contributed by atoms with Crippen molar-refractivity contribution in [3.63, 3.8) is 0 Å². The molecule has 0 atom stereocenters. The number of aryl methyl sites for hydroxylation is 2. The van der Waals surface area contributed by atoms with E-state index in [0.717, 1.165) is 17.8 Å². The third kappa shape index (κ3) is 2.93. The lowest BCUT2D eigenvalue weighted by Crippen LogP contribution is -2.15. The first-order valence-corrected chi connectivity index (χ1v) is 7.70. The molecule has 5 heteroatoms. The SMILES string of the molecule is CCn1c(C)cc(=O)c2cc(C(=O)Nc3cccc(F)c3)ccc21. The van der Waals surface area contributed by atoms with Crippen LogP contribution in [0.1, 0.15) is 23.0 Å². The van der Waals surface area contributed by atoms with Gasteiger partial charge in [-0.15, -0.1) is 0 Å². The Kier molecular flexibility index (Phi) is 4.16. The van der Waals surface area contributed by atoms with Crippen LogP contribution in [0.25, 0.3) is 10.9 Å².